The molecule has 0 saturated heterocycles. The lowest BCUT2D eigenvalue weighted by molar-refractivity contribution is -0.128. The van der Waals surface area contributed by atoms with Crippen LogP contribution in [0.25, 0.3) is 11.2 Å². The molecule has 2 saturated carbocycles. The van der Waals surface area contributed by atoms with E-state index in [0.29, 0.717) is 29.2 Å². The van der Waals surface area contributed by atoms with Gasteiger partial charge in [0.15, 0.2) is 22.7 Å². The zero-order valence-corrected chi connectivity index (χ0v) is 15.8. The molecule has 5 rings (SSSR count). The highest BCUT2D eigenvalue weighted by molar-refractivity contribution is 5.88. The summed E-state index contributed by atoms with van der Waals surface area (Å²) < 4.78 is 6.94. The van der Waals surface area contributed by atoms with Gasteiger partial charge in [-0.1, -0.05) is 0 Å². The summed E-state index contributed by atoms with van der Waals surface area (Å²) in [6, 6.07) is 2.98. The minimum Gasteiger partial charge on any atom is -0.456 e. The maximum Gasteiger partial charge on any atom is 0.209 e. The number of Topliss-reactive ketones (excluding diaryl/α,β-unsaturated/α-hetero) is 1. The number of nitrogens with zero attached hydrogens (tertiary/aromatic N) is 4. The second-order valence-electron chi connectivity index (χ2n) is 7.53. The van der Waals surface area contributed by atoms with Crippen molar-refractivity contribution in [3.8, 4) is 11.8 Å². The smallest absolute Gasteiger partial charge is 0.209 e. The van der Waals surface area contributed by atoms with Gasteiger partial charge in [-0.15, -0.1) is 0 Å². The molecule has 2 aliphatic rings. The molecule has 148 valence electrons. The first-order valence-corrected chi connectivity index (χ1v) is 9.32. The summed E-state index contributed by atoms with van der Waals surface area (Å²) in [4.78, 5) is 25.4. The summed E-state index contributed by atoms with van der Waals surface area (Å²) in [7, 11) is 1.72. The van der Waals surface area contributed by atoms with Gasteiger partial charge in [0.05, 0.1) is 30.2 Å². The molecule has 3 heterocycles. The SMILES string of the molecule is CNc1nc(C#Cc2ccco2)nc2c1ncn2[C@@H]1C2C[C@@]2(C(C)=O)C(O)[C@H]1O. The van der Waals surface area contributed by atoms with Crippen molar-refractivity contribution in [3.05, 3.63) is 36.3 Å². The van der Waals surface area contributed by atoms with E-state index in [1.807, 2.05) is 0 Å². The number of anilines is 1. The van der Waals surface area contributed by atoms with Crippen molar-refractivity contribution < 1.29 is 19.4 Å². The van der Waals surface area contributed by atoms with E-state index in [0.717, 1.165) is 0 Å². The molecule has 0 aromatic carbocycles. The standard InChI is InChI=1S/C20H19N5O4/c1-10(26)20-8-12(20)15(16(27)17(20)28)25-9-22-14-18(21-2)23-13(24-19(14)25)6-5-11-4-3-7-29-11/h3-4,7,9,12,15-17,27-28H,8H2,1-2H3,(H,21,23,24)/t12?,15-,16+,17?,20+/m1/s1. The van der Waals surface area contributed by atoms with Gasteiger partial charge in [-0.3, -0.25) is 4.79 Å². The maximum absolute atomic E-state index is 12.1. The van der Waals surface area contributed by atoms with Gasteiger partial charge in [0.25, 0.3) is 0 Å². The number of imidazole rings is 1. The zero-order chi connectivity index (χ0) is 20.3. The topological polar surface area (TPSA) is 126 Å². The van der Waals surface area contributed by atoms with E-state index in [2.05, 4.69) is 32.1 Å². The summed E-state index contributed by atoms with van der Waals surface area (Å²) >= 11 is 0. The third-order valence-corrected chi connectivity index (χ3v) is 6.13. The second-order valence-corrected chi connectivity index (χ2v) is 7.53. The Morgan fingerprint density at radius 2 is 2.21 bits per heavy atom. The average molecular weight is 393 g/mol. The molecule has 0 radical (unpaired) electrons. The summed E-state index contributed by atoms with van der Waals surface area (Å²) in [5.74, 6) is 6.73. The fourth-order valence-corrected chi connectivity index (χ4v) is 4.60. The van der Waals surface area contributed by atoms with Crippen LogP contribution < -0.4 is 5.32 Å². The van der Waals surface area contributed by atoms with Gasteiger partial charge >= 0.3 is 0 Å². The lowest BCUT2D eigenvalue weighted by Gasteiger charge is -2.23. The molecular weight excluding hydrogens is 374 g/mol. The molecule has 9 heteroatoms. The van der Waals surface area contributed by atoms with Crippen LogP contribution >= 0.6 is 0 Å². The number of carbonyl (C=O) groups is 1. The van der Waals surface area contributed by atoms with Crippen LogP contribution in [0.4, 0.5) is 5.82 Å². The number of furan rings is 1. The van der Waals surface area contributed by atoms with Crippen molar-refractivity contribution in [2.45, 2.75) is 31.6 Å². The Morgan fingerprint density at radius 3 is 2.86 bits per heavy atom. The fraction of sp³-hybridized carbons (Fsp3) is 0.400. The minimum atomic E-state index is -1.10. The molecule has 3 aromatic rings. The van der Waals surface area contributed by atoms with Crippen molar-refractivity contribution >= 4 is 22.8 Å². The number of fused-ring (bicyclic) bond motifs is 2. The van der Waals surface area contributed by atoms with Gasteiger partial charge in [-0.25, -0.2) is 15.0 Å². The van der Waals surface area contributed by atoms with Gasteiger partial charge in [-0.2, -0.15) is 0 Å². The number of nitrogens with one attached hydrogen (secondary N) is 1. The van der Waals surface area contributed by atoms with E-state index >= 15 is 0 Å². The Morgan fingerprint density at radius 1 is 1.38 bits per heavy atom. The van der Waals surface area contributed by atoms with Crippen LogP contribution in [-0.4, -0.2) is 54.8 Å². The van der Waals surface area contributed by atoms with Crippen LogP contribution in [0.15, 0.2) is 29.1 Å². The zero-order valence-electron chi connectivity index (χ0n) is 15.8. The maximum atomic E-state index is 12.1. The minimum absolute atomic E-state index is 0.100. The Kier molecular flexibility index (Phi) is 3.78. The summed E-state index contributed by atoms with van der Waals surface area (Å²) in [6.45, 7) is 1.47. The Labute approximate surface area is 165 Å². The van der Waals surface area contributed by atoms with E-state index in [1.165, 1.54) is 13.2 Å². The van der Waals surface area contributed by atoms with Crippen molar-refractivity contribution in [2.75, 3.05) is 12.4 Å². The molecule has 0 bridgehead atoms. The fourth-order valence-electron chi connectivity index (χ4n) is 4.60. The number of hydrogen-bond donors (Lipinski definition) is 3. The number of rotatable bonds is 3. The van der Waals surface area contributed by atoms with E-state index in [1.54, 1.807) is 30.1 Å². The normalized spacial score (nSPS) is 29.9. The number of ketones is 1. The van der Waals surface area contributed by atoms with Crippen molar-refractivity contribution in [2.24, 2.45) is 11.3 Å². The highest BCUT2D eigenvalue weighted by atomic mass is 16.3. The Hall–Kier alpha value is -3.22. The highest BCUT2D eigenvalue weighted by Gasteiger charge is 2.74. The van der Waals surface area contributed by atoms with Crippen LogP contribution in [0.1, 0.15) is 31.0 Å². The third-order valence-electron chi connectivity index (χ3n) is 6.13. The van der Waals surface area contributed by atoms with Crippen LogP contribution in [0.2, 0.25) is 0 Å². The second kappa shape index (κ2) is 6.14. The van der Waals surface area contributed by atoms with Crippen LogP contribution in [0, 0.1) is 23.2 Å². The van der Waals surface area contributed by atoms with Crippen LogP contribution in [0.3, 0.4) is 0 Å². The van der Waals surface area contributed by atoms with E-state index < -0.39 is 23.7 Å². The van der Waals surface area contributed by atoms with E-state index in [4.69, 9.17) is 4.42 Å². The van der Waals surface area contributed by atoms with Crippen LogP contribution in [0.5, 0.6) is 0 Å². The lowest BCUT2D eigenvalue weighted by Crippen LogP contribution is -2.36. The van der Waals surface area contributed by atoms with Gasteiger partial charge in [0.2, 0.25) is 5.82 Å². The molecule has 2 fully saturated rings. The predicted molar refractivity (Wildman–Crippen MR) is 102 cm³/mol. The lowest BCUT2D eigenvalue weighted by atomic mass is 9.95. The number of aliphatic hydroxyl groups is 2. The number of aromatic nitrogens is 4. The first-order chi connectivity index (χ1) is 14.0. The molecule has 9 nitrogen and oxygen atoms in total. The first-order valence-electron chi connectivity index (χ1n) is 9.32. The van der Waals surface area contributed by atoms with Gasteiger partial charge in [-0.05, 0) is 43.2 Å². The monoisotopic (exact) mass is 393 g/mol. The van der Waals surface area contributed by atoms with Crippen LogP contribution in [-0.2, 0) is 4.79 Å². The molecule has 0 aliphatic heterocycles. The molecule has 0 amide bonds. The van der Waals surface area contributed by atoms with Gasteiger partial charge < -0.3 is 24.5 Å². The average Bonchev–Trinajstić information content (AvgIpc) is 3.00. The summed E-state index contributed by atoms with van der Waals surface area (Å²) in [5.41, 5.74) is 0.135. The molecule has 5 atom stereocenters. The largest absolute Gasteiger partial charge is 0.456 e. The molecule has 2 unspecified atom stereocenters. The predicted octanol–water partition coefficient (Wildman–Crippen LogP) is 0.733. The highest BCUT2D eigenvalue weighted by Crippen LogP contribution is 2.68. The molecule has 2 aliphatic carbocycles. The van der Waals surface area contributed by atoms with E-state index in [-0.39, 0.29) is 17.5 Å². The molecular formula is C20H19N5O4. The number of hydrogen-bond acceptors (Lipinski definition) is 8. The Bertz CT molecular complexity index is 1170. The summed E-state index contributed by atoms with van der Waals surface area (Å²) in [5, 5.41) is 24.2. The first kappa shape index (κ1) is 17.8. The van der Waals surface area contributed by atoms with Crippen molar-refractivity contribution in [3.63, 3.8) is 0 Å². The molecule has 0 spiro atoms. The van der Waals surface area contributed by atoms with Crippen molar-refractivity contribution in [1.29, 1.82) is 0 Å². The Balaban J connectivity index is 1.61. The summed E-state index contributed by atoms with van der Waals surface area (Å²) in [6.07, 6.45) is 1.46. The van der Waals surface area contributed by atoms with Gasteiger partial charge in [0.1, 0.15) is 11.9 Å². The van der Waals surface area contributed by atoms with Gasteiger partial charge in [0, 0.05) is 7.05 Å². The number of aliphatic hydroxyl groups excluding tert-OH is 2. The molecule has 29 heavy (non-hydrogen) atoms. The number of carbonyl (C=O) groups excluding carboxylic acids is 1. The van der Waals surface area contributed by atoms with E-state index in [9.17, 15) is 15.0 Å². The van der Waals surface area contributed by atoms with Crippen molar-refractivity contribution in [1.82, 2.24) is 19.5 Å². The third kappa shape index (κ3) is 2.43. The molecule has 3 N–H and O–H groups in total. The quantitative estimate of drug-likeness (QED) is 0.556. The molecule has 3 aromatic heterocycles.